The second kappa shape index (κ2) is 21.0. The fraction of sp³-hybridized carbons (Fsp3) is 0.469. The van der Waals surface area contributed by atoms with Gasteiger partial charge in [-0.1, -0.05) is 11.6 Å². The number of benzene rings is 2. The Morgan fingerprint density at radius 3 is 1.44 bits per heavy atom. The summed E-state index contributed by atoms with van der Waals surface area (Å²) in [6.07, 6.45) is 3.89. The van der Waals surface area contributed by atoms with Crippen molar-refractivity contribution in [2.75, 3.05) is 83.4 Å². The molecule has 0 bridgehead atoms. The van der Waals surface area contributed by atoms with Gasteiger partial charge >= 0.3 is 0 Å². The summed E-state index contributed by atoms with van der Waals surface area (Å²) < 4.78 is 65.3. The van der Waals surface area contributed by atoms with Crippen LogP contribution in [0.2, 0.25) is 0 Å². The number of ether oxygens (including phenoxy) is 12. The van der Waals surface area contributed by atoms with Crippen molar-refractivity contribution in [1.29, 1.82) is 0 Å². The molecule has 2 aromatic rings. The van der Waals surface area contributed by atoms with Crippen LogP contribution in [0.5, 0.6) is 34.5 Å². The lowest BCUT2D eigenvalue weighted by atomic mass is 9.95. The largest absolute Gasteiger partial charge is 0.467 e. The Hall–Kier alpha value is -3.85. The number of rotatable bonds is 23. The van der Waals surface area contributed by atoms with Crippen LogP contribution in [0, 0.1) is 0 Å². The van der Waals surface area contributed by atoms with E-state index in [1.807, 2.05) is 19.9 Å². The third-order valence-corrected chi connectivity index (χ3v) is 5.70. The number of carbonyl (C=O) groups is 1. The van der Waals surface area contributed by atoms with Crippen molar-refractivity contribution in [3.8, 4) is 34.5 Å². The summed E-state index contributed by atoms with van der Waals surface area (Å²) in [7, 11) is 8.94. The number of hydrogen-bond acceptors (Lipinski definition) is 13. The van der Waals surface area contributed by atoms with Crippen LogP contribution in [0.1, 0.15) is 36.2 Å². The summed E-state index contributed by atoms with van der Waals surface area (Å²) in [6.45, 7) is 3.43. The first-order chi connectivity index (χ1) is 21.8. The second-order valence-electron chi connectivity index (χ2n) is 9.42. The minimum atomic E-state index is -0.389. The number of carbonyl (C=O) groups excluding carboxylic acids is 1. The van der Waals surface area contributed by atoms with E-state index in [4.69, 9.17) is 56.8 Å². The summed E-state index contributed by atoms with van der Waals surface area (Å²) in [5, 5.41) is 0. The first kappa shape index (κ1) is 37.3. The van der Waals surface area contributed by atoms with Crippen LogP contribution < -0.4 is 28.4 Å². The zero-order valence-electron chi connectivity index (χ0n) is 27.2. The van der Waals surface area contributed by atoms with E-state index in [0.29, 0.717) is 34.1 Å². The first-order valence-electron chi connectivity index (χ1n) is 13.8. The molecule has 2 aromatic carbocycles. The topological polar surface area (TPSA) is 128 Å². The molecular weight excluding hydrogens is 592 g/mol. The standard InChI is InChI=1S/C32H44O13/c1-22(2)9-10-23(11-24-12-27(42-18-36-5)28(43-19-37-6)15-26(24)41-17-35-4)32(33)31-29(44-20-38-7)13-25(40-16-34-3)14-30(31)45-21-39-8/h9,11-15H,10,16-21H2,1-8H3/b23-11+. The lowest BCUT2D eigenvalue weighted by Crippen LogP contribution is -2.13. The third kappa shape index (κ3) is 12.2. The van der Waals surface area contributed by atoms with Crippen LogP contribution in [-0.4, -0.2) is 89.2 Å². The van der Waals surface area contributed by atoms with Gasteiger partial charge in [-0.2, -0.15) is 0 Å². The van der Waals surface area contributed by atoms with E-state index < -0.39 is 0 Å². The average molecular weight is 637 g/mol. The smallest absolute Gasteiger partial charge is 0.196 e. The molecule has 13 heteroatoms. The molecule has 0 aliphatic heterocycles. The van der Waals surface area contributed by atoms with Crippen molar-refractivity contribution >= 4 is 11.9 Å². The molecule has 0 heterocycles. The highest BCUT2D eigenvalue weighted by Crippen LogP contribution is 2.40. The zero-order valence-corrected chi connectivity index (χ0v) is 27.2. The van der Waals surface area contributed by atoms with Gasteiger partial charge in [0.15, 0.2) is 58.0 Å². The molecule has 0 saturated heterocycles. The van der Waals surface area contributed by atoms with Crippen LogP contribution in [-0.2, 0) is 28.4 Å². The van der Waals surface area contributed by atoms with Crippen LogP contribution in [0.25, 0.3) is 6.08 Å². The quantitative estimate of drug-likeness (QED) is 0.0686. The molecule has 0 saturated carbocycles. The molecule has 0 atom stereocenters. The van der Waals surface area contributed by atoms with Crippen molar-refractivity contribution in [3.63, 3.8) is 0 Å². The zero-order chi connectivity index (χ0) is 33.0. The van der Waals surface area contributed by atoms with Crippen LogP contribution >= 0.6 is 0 Å². The highest BCUT2D eigenvalue weighted by atomic mass is 16.7. The molecule has 250 valence electrons. The van der Waals surface area contributed by atoms with Gasteiger partial charge in [0.05, 0.1) is 0 Å². The van der Waals surface area contributed by atoms with Gasteiger partial charge in [0, 0.05) is 72.0 Å². The molecular formula is C32H44O13. The predicted molar refractivity (Wildman–Crippen MR) is 164 cm³/mol. The Morgan fingerprint density at radius 1 is 0.556 bits per heavy atom. The van der Waals surface area contributed by atoms with E-state index >= 15 is 0 Å². The maximum absolute atomic E-state index is 14.5. The Balaban J connectivity index is 2.83. The van der Waals surface area contributed by atoms with Gasteiger partial charge < -0.3 is 56.8 Å². The lowest BCUT2D eigenvalue weighted by Gasteiger charge is -2.19. The Bertz CT molecular complexity index is 1220. The van der Waals surface area contributed by atoms with Crippen molar-refractivity contribution in [1.82, 2.24) is 0 Å². The van der Waals surface area contributed by atoms with Crippen molar-refractivity contribution < 1.29 is 61.6 Å². The van der Waals surface area contributed by atoms with Crippen LogP contribution in [0.3, 0.4) is 0 Å². The van der Waals surface area contributed by atoms with Crippen molar-refractivity contribution in [2.45, 2.75) is 20.3 Å². The van der Waals surface area contributed by atoms with E-state index in [2.05, 4.69) is 0 Å². The van der Waals surface area contributed by atoms with Crippen molar-refractivity contribution in [3.05, 3.63) is 52.6 Å². The number of methoxy groups -OCH3 is 6. The molecule has 0 fully saturated rings. The molecule has 0 radical (unpaired) electrons. The van der Waals surface area contributed by atoms with Gasteiger partial charge in [-0.25, -0.2) is 0 Å². The summed E-state index contributed by atoms with van der Waals surface area (Å²) in [5.74, 6) is 1.35. The second-order valence-corrected chi connectivity index (χ2v) is 9.42. The minimum absolute atomic E-state index is 0.0335. The highest BCUT2D eigenvalue weighted by Gasteiger charge is 2.25. The predicted octanol–water partition coefficient (Wildman–Crippen LogP) is 5.21. The monoisotopic (exact) mass is 636 g/mol. The van der Waals surface area contributed by atoms with Gasteiger partial charge in [0.1, 0.15) is 28.6 Å². The molecule has 2 rings (SSSR count). The molecule has 45 heavy (non-hydrogen) atoms. The lowest BCUT2D eigenvalue weighted by molar-refractivity contribution is 0.0307. The van der Waals surface area contributed by atoms with E-state index in [0.717, 1.165) is 5.57 Å². The molecule has 0 amide bonds. The number of hydrogen-bond donors (Lipinski definition) is 0. The van der Waals surface area contributed by atoms with E-state index in [9.17, 15) is 4.79 Å². The molecule has 0 aromatic heterocycles. The highest BCUT2D eigenvalue weighted by molar-refractivity contribution is 6.15. The molecule has 13 nitrogen and oxygen atoms in total. The maximum atomic E-state index is 14.5. The number of allylic oxidation sites excluding steroid dienone is 3. The molecule has 0 N–H and O–H groups in total. The van der Waals surface area contributed by atoms with Crippen molar-refractivity contribution in [2.24, 2.45) is 0 Å². The minimum Gasteiger partial charge on any atom is -0.467 e. The first-order valence-corrected chi connectivity index (χ1v) is 13.8. The van der Waals surface area contributed by atoms with Crippen LogP contribution in [0.15, 0.2) is 41.5 Å². The fourth-order valence-electron chi connectivity index (χ4n) is 3.74. The number of Topliss-reactive ketones (excluding diaryl/α,β-unsaturated/α-hetero) is 1. The third-order valence-electron chi connectivity index (χ3n) is 5.70. The Labute approximate surface area is 264 Å². The van der Waals surface area contributed by atoms with Gasteiger partial charge in [-0.15, -0.1) is 0 Å². The van der Waals surface area contributed by atoms with Gasteiger partial charge in [0.2, 0.25) is 0 Å². The average Bonchev–Trinajstić information content (AvgIpc) is 3.04. The summed E-state index contributed by atoms with van der Waals surface area (Å²) in [6, 6.07) is 6.43. The Kier molecular flexibility index (Phi) is 17.4. The molecule has 0 aliphatic rings. The maximum Gasteiger partial charge on any atom is 0.196 e. The fourth-order valence-corrected chi connectivity index (χ4v) is 3.74. The molecule has 0 spiro atoms. The molecule has 0 aliphatic carbocycles. The van der Waals surface area contributed by atoms with Gasteiger partial charge in [0.25, 0.3) is 0 Å². The normalized spacial score (nSPS) is 11.2. The molecule has 0 unspecified atom stereocenters. The van der Waals surface area contributed by atoms with E-state index in [1.165, 1.54) is 42.7 Å². The van der Waals surface area contributed by atoms with E-state index in [1.54, 1.807) is 30.3 Å². The van der Waals surface area contributed by atoms with Gasteiger partial charge in [-0.3, -0.25) is 4.79 Å². The summed E-state index contributed by atoms with van der Waals surface area (Å²) >= 11 is 0. The number of ketones is 1. The van der Waals surface area contributed by atoms with E-state index in [-0.39, 0.29) is 70.0 Å². The summed E-state index contributed by atoms with van der Waals surface area (Å²) in [4.78, 5) is 14.5. The van der Waals surface area contributed by atoms with Gasteiger partial charge in [-0.05, 0) is 32.4 Å². The van der Waals surface area contributed by atoms with Crippen LogP contribution in [0.4, 0.5) is 0 Å². The summed E-state index contributed by atoms with van der Waals surface area (Å²) in [5.41, 5.74) is 2.02. The SMILES string of the molecule is COCOc1cc(OCOC)c(C(=O)/C(=C/c2cc(OCOC)c(OCOC)cc2OCOC)CC=C(C)C)c(OCOC)c1. The Morgan fingerprint density at radius 2 is 0.978 bits per heavy atom.